The molecular formula is C23H25N3O2. The minimum Gasteiger partial charge on any atom is -0.360 e. The lowest BCUT2D eigenvalue weighted by Gasteiger charge is -2.32. The molecule has 0 bridgehead atoms. The van der Waals surface area contributed by atoms with Crippen molar-refractivity contribution in [1.82, 2.24) is 15.2 Å². The molecule has 5 heteroatoms. The first-order valence-electron chi connectivity index (χ1n) is 9.88. The highest BCUT2D eigenvalue weighted by Crippen LogP contribution is 2.20. The van der Waals surface area contributed by atoms with E-state index in [9.17, 15) is 9.59 Å². The van der Waals surface area contributed by atoms with E-state index in [-0.39, 0.29) is 17.7 Å². The molecule has 1 amide bonds. The van der Waals surface area contributed by atoms with Gasteiger partial charge in [-0.25, -0.2) is 0 Å². The maximum Gasteiger partial charge on any atom is 0.251 e. The van der Waals surface area contributed by atoms with Gasteiger partial charge in [0.1, 0.15) is 0 Å². The van der Waals surface area contributed by atoms with Crippen molar-refractivity contribution < 1.29 is 9.59 Å². The summed E-state index contributed by atoms with van der Waals surface area (Å²) >= 11 is 0. The lowest BCUT2D eigenvalue weighted by atomic mass is 10.0. The first kappa shape index (κ1) is 18.4. The number of hydrogen-bond acceptors (Lipinski definition) is 3. The van der Waals surface area contributed by atoms with Gasteiger partial charge < -0.3 is 15.2 Å². The summed E-state index contributed by atoms with van der Waals surface area (Å²) in [5, 5.41) is 4.12. The van der Waals surface area contributed by atoms with Crippen molar-refractivity contribution in [2.45, 2.75) is 25.3 Å². The molecule has 0 saturated carbocycles. The Morgan fingerprint density at radius 2 is 1.71 bits per heavy atom. The van der Waals surface area contributed by atoms with Gasteiger partial charge in [0.15, 0.2) is 5.78 Å². The molecule has 144 valence electrons. The molecule has 0 atom stereocenters. The molecule has 0 unspecified atom stereocenters. The zero-order chi connectivity index (χ0) is 19.3. The van der Waals surface area contributed by atoms with Gasteiger partial charge in [0.25, 0.3) is 5.91 Å². The number of carbonyl (C=O) groups is 2. The predicted molar refractivity (Wildman–Crippen MR) is 111 cm³/mol. The third-order valence-electron chi connectivity index (χ3n) is 5.50. The number of nitrogens with one attached hydrogen (secondary N) is 2. The van der Waals surface area contributed by atoms with Gasteiger partial charge in [0.05, 0.1) is 0 Å². The fourth-order valence-electron chi connectivity index (χ4n) is 3.86. The summed E-state index contributed by atoms with van der Waals surface area (Å²) in [6, 6.07) is 17.4. The molecule has 3 aromatic rings. The molecule has 28 heavy (non-hydrogen) atoms. The Morgan fingerprint density at radius 3 is 2.50 bits per heavy atom. The van der Waals surface area contributed by atoms with Gasteiger partial charge in [-0.05, 0) is 31.0 Å². The summed E-state index contributed by atoms with van der Waals surface area (Å²) in [5.74, 6) is 0.172. The SMILES string of the molecule is O=C(NC1CCN(CCC(=O)c2c[nH]c3ccccc23)CC1)c1ccccc1. The average molecular weight is 375 g/mol. The number of ketones is 1. The highest BCUT2D eigenvalue weighted by Gasteiger charge is 2.22. The number of piperidine rings is 1. The first-order chi connectivity index (χ1) is 13.7. The van der Waals surface area contributed by atoms with Crippen molar-refractivity contribution in [2.75, 3.05) is 19.6 Å². The Hall–Kier alpha value is -2.92. The van der Waals surface area contributed by atoms with Gasteiger partial charge >= 0.3 is 0 Å². The average Bonchev–Trinajstić information content (AvgIpc) is 3.18. The molecule has 1 aromatic heterocycles. The Balaban J connectivity index is 1.24. The zero-order valence-electron chi connectivity index (χ0n) is 15.9. The van der Waals surface area contributed by atoms with E-state index in [1.807, 2.05) is 60.8 Å². The minimum atomic E-state index is -0.00596. The Labute approximate surface area is 164 Å². The van der Waals surface area contributed by atoms with E-state index in [4.69, 9.17) is 0 Å². The lowest BCUT2D eigenvalue weighted by Crippen LogP contribution is -2.45. The standard InChI is InChI=1S/C23H25N3O2/c27-22(20-16-24-21-9-5-4-8-19(20)21)12-15-26-13-10-18(11-14-26)25-23(28)17-6-2-1-3-7-17/h1-9,16,18,24H,10-15H2,(H,25,28). The van der Waals surface area contributed by atoms with Gasteiger partial charge in [-0.1, -0.05) is 36.4 Å². The number of carbonyl (C=O) groups excluding carboxylic acids is 2. The molecular weight excluding hydrogens is 350 g/mol. The number of H-pyrrole nitrogens is 1. The van der Waals surface area contributed by atoms with Crippen LogP contribution in [0.2, 0.25) is 0 Å². The van der Waals surface area contributed by atoms with Crippen molar-refractivity contribution in [2.24, 2.45) is 0 Å². The van der Waals surface area contributed by atoms with E-state index < -0.39 is 0 Å². The summed E-state index contributed by atoms with van der Waals surface area (Å²) in [6.07, 6.45) is 4.17. The highest BCUT2D eigenvalue weighted by atomic mass is 16.1. The lowest BCUT2D eigenvalue weighted by molar-refractivity contribution is 0.0905. The van der Waals surface area contributed by atoms with Crippen molar-refractivity contribution in [3.8, 4) is 0 Å². The van der Waals surface area contributed by atoms with E-state index in [0.29, 0.717) is 12.0 Å². The van der Waals surface area contributed by atoms with E-state index in [0.717, 1.165) is 48.9 Å². The molecule has 0 spiro atoms. The number of Topliss-reactive ketones (excluding diaryl/α,β-unsaturated/α-hetero) is 1. The highest BCUT2D eigenvalue weighted by molar-refractivity contribution is 6.07. The number of fused-ring (bicyclic) bond motifs is 1. The fourth-order valence-corrected chi connectivity index (χ4v) is 3.86. The van der Waals surface area contributed by atoms with Crippen molar-refractivity contribution in [3.63, 3.8) is 0 Å². The summed E-state index contributed by atoms with van der Waals surface area (Å²) in [6.45, 7) is 2.57. The van der Waals surface area contributed by atoms with Crippen molar-refractivity contribution in [3.05, 3.63) is 71.9 Å². The maximum absolute atomic E-state index is 12.6. The van der Waals surface area contributed by atoms with Crippen molar-refractivity contribution in [1.29, 1.82) is 0 Å². The third kappa shape index (κ3) is 4.15. The van der Waals surface area contributed by atoms with E-state index >= 15 is 0 Å². The van der Waals surface area contributed by atoms with Gasteiger partial charge in [-0.3, -0.25) is 9.59 Å². The number of hydrogen-bond donors (Lipinski definition) is 2. The second-order valence-electron chi connectivity index (χ2n) is 7.38. The predicted octanol–water partition coefficient (Wildman–Crippen LogP) is 3.64. The largest absolute Gasteiger partial charge is 0.360 e. The van der Waals surface area contributed by atoms with Crippen LogP contribution in [0.1, 0.15) is 40.0 Å². The second kappa shape index (κ2) is 8.40. The van der Waals surface area contributed by atoms with Crippen LogP contribution < -0.4 is 5.32 Å². The maximum atomic E-state index is 12.6. The van der Waals surface area contributed by atoms with Crippen LogP contribution in [0.3, 0.4) is 0 Å². The van der Waals surface area contributed by atoms with Crippen molar-refractivity contribution >= 4 is 22.6 Å². The van der Waals surface area contributed by atoms with E-state index in [2.05, 4.69) is 15.2 Å². The topological polar surface area (TPSA) is 65.2 Å². The van der Waals surface area contributed by atoms with Crippen LogP contribution in [0.15, 0.2) is 60.8 Å². The van der Waals surface area contributed by atoms with Gasteiger partial charge in [0, 0.05) is 60.3 Å². The van der Waals surface area contributed by atoms with Crippen LogP contribution in [0.5, 0.6) is 0 Å². The number of para-hydroxylation sites is 1. The molecule has 1 saturated heterocycles. The summed E-state index contributed by atoms with van der Waals surface area (Å²) in [4.78, 5) is 30.4. The number of aromatic nitrogens is 1. The van der Waals surface area contributed by atoms with E-state index in [1.54, 1.807) is 0 Å². The molecule has 5 nitrogen and oxygen atoms in total. The number of rotatable bonds is 6. The quantitative estimate of drug-likeness (QED) is 0.647. The number of likely N-dealkylation sites (tertiary alicyclic amines) is 1. The molecule has 0 radical (unpaired) electrons. The molecule has 1 aliphatic heterocycles. The van der Waals surface area contributed by atoms with Crippen LogP contribution in [-0.2, 0) is 0 Å². The monoisotopic (exact) mass is 375 g/mol. The van der Waals surface area contributed by atoms with Crippen LogP contribution in [0.4, 0.5) is 0 Å². The molecule has 2 heterocycles. The Bertz CT molecular complexity index is 956. The molecule has 0 aliphatic carbocycles. The number of nitrogens with zero attached hydrogens (tertiary/aromatic N) is 1. The molecule has 2 N–H and O–H groups in total. The normalized spacial score (nSPS) is 15.6. The smallest absolute Gasteiger partial charge is 0.251 e. The minimum absolute atomic E-state index is 0.00596. The van der Waals surface area contributed by atoms with E-state index in [1.165, 1.54) is 0 Å². The van der Waals surface area contributed by atoms with Crippen LogP contribution >= 0.6 is 0 Å². The molecule has 1 aliphatic rings. The van der Waals surface area contributed by atoms with Gasteiger partial charge in [-0.2, -0.15) is 0 Å². The van der Waals surface area contributed by atoms with Crippen LogP contribution in [-0.4, -0.2) is 47.3 Å². The van der Waals surface area contributed by atoms with Crippen LogP contribution in [0, 0.1) is 0 Å². The fraction of sp³-hybridized carbons (Fsp3) is 0.304. The molecule has 2 aromatic carbocycles. The Kier molecular flexibility index (Phi) is 5.53. The molecule has 4 rings (SSSR count). The summed E-state index contributed by atoms with van der Waals surface area (Å²) in [7, 11) is 0. The van der Waals surface area contributed by atoms with Crippen LogP contribution in [0.25, 0.3) is 10.9 Å². The zero-order valence-corrected chi connectivity index (χ0v) is 15.9. The molecule has 1 fully saturated rings. The number of aromatic amines is 1. The second-order valence-corrected chi connectivity index (χ2v) is 7.38. The number of benzene rings is 2. The first-order valence-corrected chi connectivity index (χ1v) is 9.88. The Morgan fingerprint density at radius 1 is 1.00 bits per heavy atom. The van der Waals surface area contributed by atoms with Gasteiger partial charge in [0.2, 0.25) is 0 Å². The number of amides is 1. The summed E-state index contributed by atoms with van der Waals surface area (Å²) < 4.78 is 0. The van der Waals surface area contributed by atoms with Gasteiger partial charge in [-0.15, -0.1) is 0 Å². The summed E-state index contributed by atoms with van der Waals surface area (Å²) in [5.41, 5.74) is 2.48. The third-order valence-corrected chi connectivity index (χ3v) is 5.50.